The first-order chi connectivity index (χ1) is 9.59. The van der Waals surface area contributed by atoms with Crippen molar-refractivity contribution in [1.82, 2.24) is 0 Å². The molecule has 0 unspecified atom stereocenters. The molecule has 1 aromatic carbocycles. The largest absolute Gasteiger partial charge is 0.444 e. The quantitative estimate of drug-likeness (QED) is 0.873. The van der Waals surface area contributed by atoms with E-state index in [1.807, 2.05) is 0 Å². The molecule has 2 rings (SSSR count). The molecule has 21 heavy (non-hydrogen) atoms. The molecule has 5 nitrogen and oxygen atoms in total. The van der Waals surface area contributed by atoms with Crippen LogP contribution >= 0.6 is 15.9 Å². The third-order valence-electron chi connectivity index (χ3n) is 2.85. The Kier molecular flexibility index (Phi) is 4.35. The van der Waals surface area contributed by atoms with E-state index in [-0.39, 0.29) is 10.1 Å². The van der Waals surface area contributed by atoms with Crippen molar-refractivity contribution >= 4 is 37.5 Å². The first-order valence-electron chi connectivity index (χ1n) is 6.63. The Labute approximate surface area is 133 Å². The van der Waals surface area contributed by atoms with Crippen molar-refractivity contribution in [2.75, 3.05) is 5.32 Å². The summed E-state index contributed by atoms with van der Waals surface area (Å²) in [4.78, 5) is 11.9. The van der Waals surface area contributed by atoms with Gasteiger partial charge in [-0.25, -0.2) is 13.2 Å². The van der Waals surface area contributed by atoms with E-state index in [9.17, 15) is 13.2 Å². The fourth-order valence-electron chi connectivity index (χ4n) is 1.78. The molecule has 0 heterocycles. The van der Waals surface area contributed by atoms with Crippen LogP contribution < -0.4 is 5.32 Å². The SMILES string of the molecule is CC(C)(C)OC(=O)Nc1ccc(Br)c(S(=O)(=O)C2CC2)c1. The standard InChI is InChI=1S/C14H18BrNO4S/c1-14(2,3)20-13(17)16-9-4-7-11(15)12(8-9)21(18,19)10-5-6-10/h4,7-8,10H,5-6H2,1-3H3,(H,16,17). The van der Waals surface area contributed by atoms with Gasteiger partial charge in [-0.15, -0.1) is 0 Å². The van der Waals surface area contributed by atoms with E-state index >= 15 is 0 Å². The molecular weight excluding hydrogens is 358 g/mol. The summed E-state index contributed by atoms with van der Waals surface area (Å²) in [6.45, 7) is 5.28. The van der Waals surface area contributed by atoms with Gasteiger partial charge >= 0.3 is 6.09 Å². The molecule has 116 valence electrons. The van der Waals surface area contributed by atoms with Crippen LogP contribution in [0.1, 0.15) is 33.6 Å². The Hall–Kier alpha value is -1.08. The molecule has 0 saturated heterocycles. The Bertz CT molecular complexity index is 660. The van der Waals surface area contributed by atoms with Crippen LogP contribution in [0.15, 0.2) is 27.6 Å². The minimum Gasteiger partial charge on any atom is -0.444 e. The second kappa shape index (κ2) is 5.61. The van der Waals surface area contributed by atoms with Crippen LogP contribution in [0, 0.1) is 0 Å². The Morgan fingerprint density at radius 2 is 1.95 bits per heavy atom. The van der Waals surface area contributed by atoms with Gasteiger partial charge in [-0.05, 0) is 67.7 Å². The highest BCUT2D eigenvalue weighted by Gasteiger charge is 2.38. The van der Waals surface area contributed by atoms with Gasteiger partial charge in [0.2, 0.25) is 0 Å². The summed E-state index contributed by atoms with van der Waals surface area (Å²) >= 11 is 3.25. The van der Waals surface area contributed by atoms with Gasteiger partial charge in [0, 0.05) is 10.2 Å². The maximum Gasteiger partial charge on any atom is 0.412 e. The third kappa shape index (κ3) is 4.20. The maximum atomic E-state index is 12.3. The number of nitrogens with one attached hydrogen (secondary N) is 1. The fourth-order valence-corrected chi connectivity index (χ4v) is 4.45. The summed E-state index contributed by atoms with van der Waals surface area (Å²) in [5.74, 6) is 0. The van der Waals surface area contributed by atoms with Crippen LogP contribution in [0.5, 0.6) is 0 Å². The molecule has 0 aliphatic heterocycles. The van der Waals surface area contributed by atoms with Gasteiger partial charge in [0.15, 0.2) is 9.84 Å². The highest BCUT2D eigenvalue weighted by molar-refractivity contribution is 9.10. The topological polar surface area (TPSA) is 72.5 Å². The summed E-state index contributed by atoms with van der Waals surface area (Å²) in [5, 5.41) is 2.25. The Morgan fingerprint density at radius 3 is 2.48 bits per heavy atom. The van der Waals surface area contributed by atoms with E-state index in [0.29, 0.717) is 23.0 Å². The maximum absolute atomic E-state index is 12.3. The van der Waals surface area contributed by atoms with Crippen LogP contribution in [0.4, 0.5) is 10.5 Å². The van der Waals surface area contributed by atoms with Crippen molar-refractivity contribution < 1.29 is 17.9 Å². The minimum atomic E-state index is -3.33. The first kappa shape index (κ1) is 16.3. The average Bonchev–Trinajstić information content (AvgIpc) is 3.13. The fraction of sp³-hybridized carbons (Fsp3) is 0.500. The molecule has 0 aromatic heterocycles. The number of amides is 1. The highest BCUT2D eigenvalue weighted by Crippen LogP contribution is 2.37. The number of anilines is 1. The normalized spacial score (nSPS) is 15.6. The second-order valence-electron chi connectivity index (χ2n) is 6.02. The number of benzene rings is 1. The monoisotopic (exact) mass is 375 g/mol. The zero-order chi connectivity index (χ0) is 15.8. The number of sulfone groups is 1. The zero-order valence-electron chi connectivity index (χ0n) is 12.1. The summed E-state index contributed by atoms with van der Waals surface area (Å²) < 4.78 is 30.3. The first-order valence-corrected chi connectivity index (χ1v) is 8.97. The van der Waals surface area contributed by atoms with Crippen molar-refractivity contribution in [3.05, 3.63) is 22.7 Å². The Morgan fingerprint density at radius 1 is 1.33 bits per heavy atom. The number of hydrogen-bond acceptors (Lipinski definition) is 4. The molecule has 0 atom stereocenters. The van der Waals surface area contributed by atoms with Gasteiger partial charge in [-0.3, -0.25) is 5.32 Å². The molecule has 0 spiro atoms. The number of carbonyl (C=O) groups excluding carboxylic acids is 1. The van der Waals surface area contributed by atoms with Gasteiger partial charge in [-0.2, -0.15) is 0 Å². The number of ether oxygens (including phenoxy) is 1. The van der Waals surface area contributed by atoms with Gasteiger partial charge in [-0.1, -0.05) is 0 Å². The number of carbonyl (C=O) groups is 1. The molecule has 1 aromatic rings. The molecule has 1 aliphatic carbocycles. The van der Waals surface area contributed by atoms with E-state index in [4.69, 9.17) is 4.74 Å². The molecule has 1 N–H and O–H groups in total. The molecule has 1 fully saturated rings. The van der Waals surface area contributed by atoms with Crippen molar-refractivity contribution in [3.63, 3.8) is 0 Å². The van der Waals surface area contributed by atoms with Crippen molar-refractivity contribution in [3.8, 4) is 0 Å². The molecule has 0 radical (unpaired) electrons. The zero-order valence-corrected chi connectivity index (χ0v) is 14.5. The van der Waals surface area contributed by atoms with Crippen LogP contribution in [0.3, 0.4) is 0 Å². The van der Waals surface area contributed by atoms with Crippen LogP contribution in [0.25, 0.3) is 0 Å². The van der Waals surface area contributed by atoms with Crippen LogP contribution in [-0.2, 0) is 14.6 Å². The Balaban J connectivity index is 2.21. The highest BCUT2D eigenvalue weighted by atomic mass is 79.9. The lowest BCUT2D eigenvalue weighted by atomic mass is 10.2. The summed E-state index contributed by atoms with van der Waals surface area (Å²) in [6, 6.07) is 4.70. The predicted molar refractivity (Wildman–Crippen MR) is 84.2 cm³/mol. The van der Waals surface area contributed by atoms with E-state index < -0.39 is 21.5 Å². The lowest BCUT2D eigenvalue weighted by Crippen LogP contribution is -2.27. The van der Waals surface area contributed by atoms with Gasteiger partial charge in [0.05, 0.1) is 10.1 Å². The van der Waals surface area contributed by atoms with Gasteiger partial charge in [0.25, 0.3) is 0 Å². The van der Waals surface area contributed by atoms with Crippen molar-refractivity contribution in [2.24, 2.45) is 0 Å². The van der Waals surface area contributed by atoms with Crippen molar-refractivity contribution in [1.29, 1.82) is 0 Å². The van der Waals surface area contributed by atoms with Crippen LogP contribution in [-0.4, -0.2) is 25.4 Å². The van der Waals surface area contributed by atoms with Crippen LogP contribution in [0.2, 0.25) is 0 Å². The predicted octanol–water partition coefficient (Wildman–Crippen LogP) is 3.73. The number of hydrogen-bond donors (Lipinski definition) is 1. The lowest BCUT2D eigenvalue weighted by Gasteiger charge is -2.20. The molecular formula is C14H18BrNO4S. The van der Waals surface area contributed by atoms with E-state index in [1.165, 1.54) is 6.07 Å². The second-order valence-corrected chi connectivity index (χ2v) is 9.07. The molecule has 1 amide bonds. The van der Waals surface area contributed by atoms with E-state index in [1.54, 1.807) is 32.9 Å². The van der Waals surface area contributed by atoms with Gasteiger partial charge < -0.3 is 4.74 Å². The minimum absolute atomic E-state index is 0.207. The van der Waals surface area contributed by atoms with E-state index in [2.05, 4.69) is 21.2 Å². The molecule has 7 heteroatoms. The summed E-state index contributed by atoms with van der Waals surface area (Å²) in [5.41, 5.74) is -0.214. The molecule has 1 saturated carbocycles. The smallest absolute Gasteiger partial charge is 0.412 e. The summed E-state index contributed by atoms with van der Waals surface area (Å²) in [6.07, 6.45) is 0.774. The lowest BCUT2D eigenvalue weighted by molar-refractivity contribution is 0.0636. The third-order valence-corrected chi connectivity index (χ3v) is 6.10. The van der Waals surface area contributed by atoms with Gasteiger partial charge in [0.1, 0.15) is 5.60 Å². The number of halogens is 1. The summed E-state index contributed by atoms with van der Waals surface area (Å²) in [7, 11) is -3.33. The van der Waals surface area contributed by atoms with Crippen molar-refractivity contribution in [2.45, 2.75) is 49.4 Å². The average molecular weight is 376 g/mol. The molecule has 0 bridgehead atoms. The van der Waals surface area contributed by atoms with E-state index in [0.717, 1.165) is 0 Å². The molecule has 1 aliphatic rings. The number of rotatable bonds is 3.